The summed E-state index contributed by atoms with van der Waals surface area (Å²) in [5, 5.41) is 10.6. The third kappa shape index (κ3) is 5.75. The molecule has 1 N–H and O–H groups in total. The second-order valence-electron chi connectivity index (χ2n) is 14.8. The number of carbonyl (C=O) groups is 3. The molecule has 8 heteroatoms. The van der Waals surface area contributed by atoms with Gasteiger partial charge in [0.05, 0.1) is 30.1 Å². The molecule has 3 aliphatic heterocycles. The number of ether oxygens (including phenoxy) is 1. The molecule has 6 atom stereocenters. The van der Waals surface area contributed by atoms with E-state index in [1.165, 1.54) is 0 Å². The summed E-state index contributed by atoms with van der Waals surface area (Å²) >= 11 is 0. The molecule has 232 valence electrons. The van der Waals surface area contributed by atoms with E-state index in [1.54, 1.807) is 22.0 Å². The van der Waals surface area contributed by atoms with Crippen LogP contribution in [0.3, 0.4) is 0 Å². The van der Waals surface area contributed by atoms with Crippen LogP contribution in [0.5, 0.6) is 0 Å². The highest BCUT2D eigenvalue weighted by Crippen LogP contribution is 2.64. The fourth-order valence-corrected chi connectivity index (χ4v) is 8.22. The average Bonchev–Trinajstić information content (AvgIpc) is 3.41. The van der Waals surface area contributed by atoms with Crippen molar-refractivity contribution in [3.8, 4) is 0 Å². The summed E-state index contributed by atoms with van der Waals surface area (Å²) in [6, 6.07) is -1.53. The molecule has 2 bridgehead atoms. The Hall–Kier alpha value is -2.19. The maximum absolute atomic E-state index is 14.9. The molecule has 0 aromatic carbocycles. The average molecular weight is 574 g/mol. The van der Waals surface area contributed by atoms with Gasteiger partial charge in [0.15, 0.2) is 0 Å². The zero-order chi connectivity index (χ0) is 31.1. The second kappa shape index (κ2) is 11.8. The minimum Gasteiger partial charge on any atom is -0.394 e. The maximum atomic E-state index is 14.9. The molecule has 41 heavy (non-hydrogen) atoms. The van der Waals surface area contributed by atoms with E-state index in [-0.39, 0.29) is 35.7 Å². The Balaban J connectivity index is 2.20. The van der Waals surface area contributed by atoms with Gasteiger partial charge in [-0.15, -0.1) is 13.2 Å². The zero-order valence-electron chi connectivity index (χ0n) is 27.0. The van der Waals surface area contributed by atoms with Gasteiger partial charge in [0.25, 0.3) is 0 Å². The monoisotopic (exact) mass is 573 g/mol. The number of rotatable bonds is 13. The molecule has 8 nitrogen and oxygen atoms in total. The Labute approximate surface area is 248 Å². The van der Waals surface area contributed by atoms with Crippen LogP contribution in [-0.2, 0) is 19.1 Å². The highest BCUT2D eigenvalue weighted by molar-refractivity contribution is 5.99. The number of fused-ring (bicyclic) bond motifs is 1. The molecule has 0 aliphatic carbocycles. The first-order valence-electron chi connectivity index (χ1n) is 15.4. The summed E-state index contributed by atoms with van der Waals surface area (Å²) < 4.78 is 6.87. The highest BCUT2D eigenvalue weighted by atomic mass is 16.5. The minimum absolute atomic E-state index is 0.0536. The Bertz CT molecular complexity index is 1030. The molecule has 0 radical (unpaired) electrons. The molecular weight excluding hydrogens is 518 g/mol. The van der Waals surface area contributed by atoms with Gasteiger partial charge in [0, 0.05) is 25.2 Å². The molecule has 3 heterocycles. The number of carbonyl (C=O) groups excluding carboxylic acids is 3. The van der Waals surface area contributed by atoms with Crippen LogP contribution in [0.15, 0.2) is 25.3 Å². The van der Waals surface area contributed by atoms with Crippen molar-refractivity contribution in [2.45, 2.75) is 117 Å². The van der Waals surface area contributed by atoms with Gasteiger partial charge in [-0.3, -0.25) is 14.4 Å². The number of nitrogens with zero attached hydrogens (tertiary/aromatic N) is 3. The fourth-order valence-electron chi connectivity index (χ4n) is 8.22. The normalized spacial score (nSPS) is 30.0. The number of aliphatic hydroxyl groups excluding tert-OH is 1. The summed E-state index contributed by atoms with van der Waals surface area (Å²) in [4.78, 5) is 48.9. The van der Waals surface area contributed by atoms with Crippen molar-refractivity contribution in [2.24, 2.45) is 23.2 Å². The van der Waals surface area contributed by atoms with Gasteiger partial charge in [-0.1, -0.05) is 53.7 Å². The van der Waals surface area contributed by atoms with Gasteiger partial charge in [-0.25, -0.2) is 0 Å². The van der Waals surface area contributed by atoms with Gasteiger partial charge >= 0.3 is 0 Å². The number of hydrogen-bond acceptors (Lipinski definition) is 5. The topological polar surface area (TPSA) is 90.4 Å². The Morgan fingerprint density at radius 2 is 1.73 bits per heavy atom. The summed E-state index contributed by atoms with van der Waals surface area (Å²) in [5.74, 6) is -2.20. The summed E-state index contributed by atoms with van der Waals surface area (Å²) in [7, 11) is 0. The molecule has 0 aromatic heterocycles. The molecule has 0 saturated carbocycles. The Kier molecular flexibility index (Phi) is 9.61. The summed E-state index contributed by atoms with van der Waals surface area (Å²) in [6.07, 6.45) is 6.03. The largest absolute Gasteiger partial charge is 0.394 e. The van der Waals surface area contributed by atoms with Crippen LogP contribution >= 0.6 is 0 Å². The third-order valence-corrected chi connectivity index (χ3v) is 9.45. The number of aliphatic hydroxyl groups is 1. The van der Waals surface area contributed by atoms with Crippen LogP contribution in [0.1, 0.15) is 88.0 Å². The smallest absolute Gasteiger partial charge is 0.249 e. The molecular formula is C33H55N3O5. The minimum atomic E-state index is -1.14. The van der Waals surface area contributed by atoms with E-state index < -0.39 is 40.7 Å². The van der Waals surface area contributed by atoms with E-state index in [2.05, 4.69) is 47.8 Å². The quantitative estimate of drug-likeness (QED) is 0.330. The fraction of sp³-hybridized carbons (Fsp3) is 0.788. The Morgan fingerprint density at radius 3 is 2.22 bits per heavy atom. The molecule has 3 saturated heterocycles. The summed E-state index contributed by atoms with van der Waals surface area (Å²) in [6.45, 7) is 27.1. The van der Waals surface area contributed by atoms with Crippen molar-refractivity contribution in [1.82, 2.24) is 14.7 Å². The van der Waals surface area contributed by atoms with Crippen molar-refractivity contribution in [3.63, 3.8) is 0 Å². The van der Waals surface area contributed by atoms with E-state index >= 15 is 0 Å². The van der Waals surface area contributed by atoms with E-state index in [9.17, 15) is 19.5 Å². The van der Waals surface area contributed by atoms with Gasteiger partial charge in [-0.2, -0.15) is 0 Å². The van der Waals surface area contributed by atoms with Crippen LogP contribution in [0.25, 0.3) is 0 Å². The standard InChI is InChI=1S/C33H55N3O5/c1-12-17-34(18-13-2)27(38)24-25-28(39)36(23(20-37)22(4)5)26(33(25)16-15-32(24,11)41-33)29(40)35(19-14-3)31(9,10)21-30(6,7)8/h12,14,22-26,37H,1,3,13,15-21H2,2,4-11H3/t23-,24-,25-,26?,32+,33?/m0/s1. The Morgan fingerprint density at radius 1 is 1.12 bits per heavy atom. The van der Waals surface area contributed by atoms with Gasteiger partial charge < -0.3 is 24.5 Å². The second-order valence-corrected chi connectivity index (χ2v) is 14.8. The number of likely N-dealkylation sites (tertiary alicyclic amines) is 1. The van der Waals surface area contributed by atoms with Crippen LogP contribution in [0.2, 0.25) is 0 Å². The predicted molar refractivity (Wildman–Crippen MR) is 162 cm³/mol. The molecule has 3 amide bonds. The van der Waals surface area contributed by atoms with E-state index in [4.69, 9.17) is 4.74 Å². The molecule has 0 aromatic rings. The predicted octanol–water partition coefficient (Wildman–Crippen LogP) is 4.42. The van der Waals surface area contributed by atoms with Crippen molar-refractivity contribution < 1.29 is 24.2 Å². The van der Waals surface area contributed by atoms with Gasteiger partial charge in [-0.05, 0) is 57.8 Å². The zero-order valence-corrected chi connectivity index (χ0v) is 27.0. The lowest BCUT2D eigenvalue weighted by molar-refractivity contribution is -0.160. The van der Waals surface area contributed by atoms with Crippen molar-refractivity contribution in [3.05, 3.63) is 25.3 Å². The van der Waals surface area contributed by atoms with Crippen LogP contribution in [0, 0.1) is 23.2 Å². The lowest BCUT2D eigenvalue weighted by Crippen LogP contribution is -2.63. The number of hydrogen-bond donors (Lipinski definition) is 1. The first-order valence-corrected chi connectivity index (χ1v) is 15.4. The van der Waals surface area contributed by atoms with Crippen molar-refractivity contribution >= 4 is 17.7 Å². The van der Waals surface area contributed by atoms with Crippen LogP contribution < -0.4 is 0 Å². The highest BCUT2D eigenvalue weighted by Gasteiger charge is 2.79. The van der Waals surface area contributed by atoms with Gasteiger partial charge in [0.2, 0.25) is 17.7 Å². The SMILES string of the molecule is C=CCN(CCC)C(=O)[C@@H]1[C@H]2C(=O)N([C@@H](CO)C(C)C)C(C(=O)N(CC=C)C(C)(C)CC(C)(C)C)C23CC[C@@]1(C)O3. The lowest BCUT2D eigenvalue weighted by atomic mass is 9.66. The molecule has 3 aliphatic rings. The van der Waals surface area contributed by atoms with Gasteiger partial charge in [0.1, 0.15) is 11.6 Å². The molecule has 2 unspecified atom stereocenters. The van der Waals surface area contributed by atoms with Crippen LogP contribution in [-0.4, -0.2) is 92.6 Å². The van der Waals surface area contributed by atoms with Crippen molar-refractivity contribution in [2.75, 3.05) is 26.2 Å². The molecule has 3 rings (SSSR count). The molecule has 1 spiro atoms. The maximum Gasteiger partial charge on any atom is 0.249 e. The van der Waals surface area contributed by atoms with E-state index in [0.29, 0.717) is 32.5 Å². The third-order valence-electron chi connectivity index (χ3n) is 9.45. The first kappa shape index (κ1) is 33.3. The van der Waals surface area contributed by atoms with Crippen molar-refractivity contribution in [1.29, 1.82) is 0 Å². The summed E-state index contributed by atoms with van der Waals surface area (Å²) in [5.41, 5.74) is -2.60. The first-order chi connectivity index (χ1) is 19.0. The van der Waals surface area contributed by atoms with E-state index in [1.807, 2.05) is 32.6 Å². The van der Waals surface area contributed by atoms with E-state index in [0.717, 1.165) is 12.8 Å². The lowest BCUT2D eigenvalue weighted by Gasteiger charge is -2.47. The number of amides is 3. The van der Waals surface area contributed by atoms with Crippen LogP contribution in [0.4, 0.5) is 0 Å². The molecule has 3 fully saturated rings.